The minimum atomic E-state index is -0.182. The Hall–Kier alpha value is -3.25. The molecule has 0 spiro atoms. The Labute approximate surface area is 186 Å². The van der Waals surface area contributed by atoms with E-state index < -0.39 is 0 Å². The second-order valence-corrected chi connectivity index (χ2v) is 8.28. The van der Waals surface area contributed by atoms with Crippen LogP contribution in [0.15, 0.2) is 95.5 Å². The molecule has 0 fully saturated rings. The lowest BCUT2D eigenvalue weighted by Gasteiger charge is -2.14. The van der Waals surface area contributed by atoms with Crippen LogP contribution in [0.3, 0.4) is 0 Å². The molecule has 0 atom stereocenters. The normalized spacial score (nSPS) is 10.8. The number of hydrogen-bond donors (Lipinski definition) is 0. The minimum Gasteiger partial charge on any atom is -0.327 e. The molecule has 0 unspecified atom stereocenters. The summed E-state index contributed by atoms with van der Waals surface area (Å²) in [5.41, 5.74) is 3.92. The number of aryl methyl sites for hydroxylation is 2. The van der Waals surface area contributed by atoms with E-state index in [4.69, 9.17) is 0 Å². The number of benzene rings is 2. The van der Waals surface area contributed by atoms with Crippen LogP contribution in [0.4, 0.5) is 0 Å². The maximum Gasteiger partial charge on any atom is 0.277 e. The summed E-state index contributed by atoms with van der Waals surface area (Å²) in [5.74, 6) is 0.776. The van der Waals surface area contributed by atoms with E-state index >= 15 is 0 Å². The predicted molar refractivity (Wildman–Crippen MR) is 124 cm³/mol. The zero-order chi connectivity index (χ0) is 21.3. The van der Waals surface area contributed by atoms with Crippen LogP contribution >= 0.6 is 11.8 Å². The van der Waals surface area contributed by atoms with Gasteiger partial charge >= 0.3 is 0 Å². The standard InChI is InChI=1S/C25H24N4OS/c30-24-23(14-22-15-26-19-27-16-22)17-29(13-7-12-20-8-3-1-4-9-20)25(28-24)31-18-21-10-5-2-6-11-21/h1-6,8-11,15-17,19H,7,12-14,18H2. The van der Waals surface area contributed by atoms with Crippen LogP contribution in [0, 0.1) is 0 Å². The largest absolute Gasteiger partial charge is 0.327 e. The Morgan fingerprint density at radius 3 is 2.23 bits per heavy atom. The van der Waals surface area contributed by atoms with E-state index in [9.17, 15) is 4.79 Å². The lowest BCUT2D eigenvalue weighted by Crippen LogP contribution is -2.20. The van der Waals surface area contributed by atoms with Gasteiger partial charge < -0.3 is 4.57 Å². The van der Waals surface area contributed by atoms with Crippen molar-refractivity contribution in [3.63, 3.8) is 0 Å². The van der Waals surface area contributed by atoms with Crippen molar-refractivity contribution in [1.82, 2.24) is 19.5 Å². The molecule has 5 nitrogen and oxygen atoms in total. The summed E-state index contributed by atoms with van der Waals surface area (Å²) in [4.78, 5) is 25.3. The van der Waals surface area contributed by atoms with Crippen molar-refractivity contribution in [1.29, 1.82) is 0 Å². The molecule has 0 radical (unpaired) electrons. The molecule has 4 aromatic rings. The van der Waals surface area contributed by atoms with Gasteiger partial charge in [-0.15, -0.1) is 0 Å². The number of hydrogen-bond acceptors (Lipinski definition) is 5. The fourth-order valence-electron chi connectivity index (χ4n) is 3.38. The zero-order valence-electron chi connectivity index (χ0n) is 17.2. The fraction of sp³-hybridized carbons (Fsp3) is 0.200. The first-order valence-electron chi connectivity index (χ1n) is 10.3. The van der Waals surface area contributed by atoms with Crippen molar-refractivity contribution in [2.24, 2.45) is 0 Å². The first-order valence-corrected chi connectivity index (χ1v) is 11.3. The van der Waals surface area contributed by atoms with E-state index in [1.54, 1.807) is 24.2 Å². The summed E-state index contributed by atoms with van der Waals surface area (Å²) in [6.45, 7) is 0.803. The van der Waals surface area contributed by atoms with Gasteiger partial charge in [0, 0.05) is 42.9 Å². The van der Waals surface area contributed by atoms with Gasteiger partial charge in [-0.05, 0) is 29.5 Å². The molecule has 6 heteroatoms. The molecular weight excluding hydrogens is 404 g/mol. The SMILES string of the molecule is O=c1nc(SCc2ccccc2)n(CCCc2ccccc2)cc1Cc1cncnc1. The van der Waals surface area contributed by atoms with Crippen LogP contribution in [0.2, 0.25) is 0 Å². The molecule has 0 bridgehead atoms. The van der Waals surface area contributed by atoms with Crippen molar-refractivity contribution in [2.75, 3.05) is 0 Å². The Morgan fingerprint density at radius 1 is 0.839 bits per heavy atom. The molecular formula is C25H24N4OS. The van der Waals surface area contributed by atoms with Crippen molar-refractivity contribution in [2.45, 2.75) is 36.7 Å². The number of rotatable bonds is 9. The molecule has 0 saturated carbocycles. The highest BCUT2D eigenvalue weighted by atomic mass is 32.2. The summed E-state index contributed by atoms with van der Waals surface area (Å²) in [6, 6.07) is 20.7. The van der Waals surface area contributed by atoms with Crippen molar-refractivity contribution in [3.05, 3.63) is 118 Å². The van der Waals surface area contributed by atoms with Gasteiger partial charge in [-0.25, -0.2) is 9.97 Å². The Balaban J connectivity index is 1.54. The first-order chi connectivity index (χ1) is 15.3. The van der Waals surface area contributed by atoms with Crippen LogP contribution in [0.25, 0.3) is 0 Å². The lowest BCUT2D eigenvalue weighted by molar-refractivity contribution is 0.565. The van der Waals surface area contributed by atoms with Crippen LogP contribution in [0.1, 0.15) is 28.7 Å². The van der Waals surface area contributed by atoms with E-state index in [-0.39, 0.29) is 5.56 Å². The molecule has 2 aromatic carbocycles. The second kappa shape index (κ2) is 10.7. The first kappa shape index (κ1) is 21.0. The maximum absolute atomic E-state index is 12.7. The number of thioether (sulfide) groups is 1. The van der Waals surface area contributed by atoms with Gasteiger partial charge in [0.2, 0.25) is 0 Å². The number of nitrogens with zero attached hydrogens (tertiary/aromatic N) is 4. The van der Waals surface area contributed by atoms with Crippen LogP contribution in [-0.2, 0) is 25.1 Å². The monoisotopic (exact) mass is 428 g/mol. The molecule has 2 aromatic heterocycles. The zero-order valence-corrected chi connectivity index (χ0v) is 18.0. The third-order valence-electron chi connectivity index (χ3n) is 4.96. The summed E-state index contributed by atoms with van der Waals surface area (Å²) in [5, 5.41) is 0.759. The summed E-state index contributed by atoms with van der Waals surface area (Å²) < 4.78 is 2.12. The smallest absolute Gasteiger partial charge is 0.277 e. The van der Waals surface area contributed by atoms with Crippen molar-refractivity contribution in [3.8, 4) is 0 Å². The van der Waals surface area contributed by atoms with Crippen LogP contribution in [-0.4, -0.2) is 19.5 Å². The average molecular weight is 429 g/mol. The molecule has 0 amide bonds. The van der Waals surface area contributed by atoms with Gasteiger partial charge in [0.25, 0.3) is 5.56 Å². The molecule has 0 N–H and O–H groups in total. The Kier molecular flexibility index (Phi) is 7.24. The third kappa shape index (κ3) is 6.12. The Morgan fingerprint density at radius 2 is 1.52 bits per heavy atom. The third-order valence-corrected chi connectivity index (χ3v) is 6.02. The van der Waals surface area contributed by atoms with Gasteiger partial charge in [-0.2, -0.15) is 4.98 Å². The summed E-state index contributed by atoms with van der Waals surface area (Å²) >= 11 is 1.60. The van der Waals surface area contributed by atoms with E-state index in [1.165, 1.54) is 17.5 Å². The molecule has 0 aliphatic carbocycles. The molecule has 4 rings (SSSR count). The van der Waals surface area contributed by atoms with E-state index in [1.807, 2.05) is 30.5 Å². The molecule has 0 aliphatic heterocycles. The van der Waals surface area contributed by atoms with Gasteiger partial charge in [0.05, 0.1) is 0 Å². The topological polar surface area (TPSA) is 60.7 Å². The van der Waals surface area contributed by atoms with E-state index in [2.05, 4.69) is 55.9 Å². The maximum atomic E-state index is 12.7. The van der Waals surface area contributed by atoms with Crippen molar-refractivity contribution < 1.29 is 0 Å². The molecule has 31 heavy (non-hydrogen) atoms. The van der Waals surface area contributed by atoms with E-state index in [0.717, 1.165) is 35.9 Å². The lowest BCUT2D eigenvalue weighted by atomic mass is 10.1. The Bertz CT molecular complexity index is 1150. The predicted octanol–water partition coefficient (Wildman–Crippen LogP) is 4.55. The minimum absolute atomic E-state index is 0.182. The fourth-order valence-corrected chi connectivity index (χ4v) is 4.33. The van der Waals surface area contributed by atoms with Crippen molar-refractivity contribution >= 4 is 11.8 Å². The van der Waals surface area contributed by atoms with Gasteiger partial charge in [0.15, 0.2) is 5.16 Å². The summed E-state index contributed by atoms with van der Waals surface area (Å²) in [6.07, 6.45) is 9.37. The van der Waals surface area contributed by atoms with Crippen LogP contribution in [0.5, 0.6) is 0 Å². The number of aromatic nitrogens is 4. The molecule has 0 aliphatic rings. The molecule has 2 heterocycles. The summed E-state index contributed by atoms with van der Waals surface area (Å²) in [7, 11) is 0. The molecule has 0 saturated heterocycles. The average Bonchev–Trinajstić information content (AvgIpc) is 2.82. The highest BCUT2D eigenvalue weighted by Crippen LogP contribution is 2.21. The molecule has 156 valence electrons. The van der Waals surface area contributed by atoms with Gasteiger partial charge in [0.1, 0.15) is 6.33 Å². The quantitative estimate of drug-likeness (QED) is 0.289. The van der Waals surface area contributed by atoms with Gasteiger partial charge in [-0.1, -0.05) is 72.4 Å². The van der Waals surface area contributed by atoms with Gasteiger partial charge in [-0.3, -0.25) is 4.79 Å². The highest BCUT2D eigenvalue weighted by Gasteiger charge is 2.11. The highest BCUT2D eigenvalue weighted by molar-refractivity contribution is 7.98. The van der Waals surface area contributed by atoms with Crippen LogP contribution < -0.4 is 5.56 Å². The van der Waals surface area contributed by atoms with E-state index in [0.29, 0.717) is 12.0 Å². The second-order valence-electron chi connectivity index (χ2n) is 7.33.